The molecule has 0 rings (SSSR count). The average molecular weight is 125 g/mol. The first-order valence-corrected chi connectivity index (χ1v) is 3.79. The lowest BCUT2D eigenvalue weighted by atomic mass is 10.4. The molecule has 2 heteroatoms. The van der Waals surface area contributed by atoms with E-state index >= 15 is 0 Å². The lowest BCUT2D eigenvalue weighted by molar-refractivity contribution is 0.912. The van der Waals surface area contributed by atoms with Crippen LogP contribution < -0.4 is 0 Å². The Labute approximate surface area is 47.8 Å². The molecule has 1 atom stereocenters. The Morgan fingerprint density at radius 2 is 2.33 bits per heavy atom. The first kappa shape index (κ1) is 6.64. The summed E-state index contributed by atoms with van der Waals surface area (Å²) in [5.74, 6) is 0. The van der Waals surface area contributed by atoms with Gasteiger partial charge >= 0.3 is 0 Å². The summed E-state index contributed by atoms with van der Waals surface area (Å²) in [6.07, 6.45) is 1.16. The molecule has 0 aliphatic rings. The Kier molecular flexibility index (Phi) is 4.22. The molecule has 0 aliphatic heterocycles. The lowest BCUT2D eigenvalue weighted by Crippen LogP contribution is -1.85. The third kappa shape index (κ3) is 2.86. The van der Waals surface area contributed by atoms with E-state index in [-0.39, 0.29) is 0 Å². The summed E-state index contributed by atoms with van der Waals surface area (Å²) in [7, 11) is 6.77. The van der Waals surface area contributed by atoms with E-state index in [1.165, 1.54) is 11.0 Å². The van der Waals surface area contributed by atoms with E-state index < -0.39 is 0 Å². The fourth-order valence-corrected chi connectivity index (χ4v) is 0.567. The van der Waals surface area contributed by atoms with Crippen molar-refractivity contribution in [2.75, 3.05) is 0 Å². The van der Waals surface area contributed by atoms with Crippen LogP contribution in [0.2, 0.25) is 0 Å². The van der Waals surface area contributed by atoms with Crippen LogP contribution in [0.5, 0.6) is 0 Å². The Hall–Kier alpha value is 0.640. The average Bonchev–Trinajstić information content (AvgIpc) is 1.65. The van der Waals surface area contributed by atoms with E-state index in [9.17, 15) is 0 Å². The van der Waals surface area contributed by atoms with Gasteiger partial charge in [-0.1, -0.05) is 24.8 Å². The second-order valence-corrected chi connectivity index (χ2v) is 2.83. The summed E-state index contributed by atoms with van der Waals surface area (Å²) in [4.78, 5) is 0. The van der Waals surface area contributed by atoms with E-state index in [0.717, 1.165) is 6.42 Å². The minimum atomic E-state index is 0.617. The van der Waals surface area contributed by atoms with Crippen LogP contribution in [0.1, 0.15) is 20.3 Å². The Morgan fingerprint density at radius 1 is 1.83 bits per heavy atom. The number of hydrogen-bond acceptors (Lipinski definition) is 1. The SMILES string of the molecule is CCC(C)SCl. The van der Waals surface area contributed by atoms with Crippen LogP contribution in [0.3, 0.4) is 0 Å². The summed E-state index contributed by atoms with van der Waals surface area (Å²) in [6.45, 7) is 4.23. The van der Waals surface area contributed by atoms with Crippen molar-refractivity contribution in [1.29, 1.82) is 0 Å². The van der Waals surface area contributed by atoms with E-state index in [2.05, 4.69) is 13.8 Å². The zero-order valence-electron chi connectivity index (χ0n) is 4.07. The summed E-state index contributed by atoms with van der Waals surface area (Å²) >= 11 is 0. The highest BCUT2D eigenvalue weighted by atomic mass is 35.7. The van der Waals surface area contributed by atoms with Gasteiger partial charge in [0.15, 0.2) is 0 Å². The van der Waals surface area contributed by atoms with Gasteiger partial charge in [0.2, 0.25) is 0 Å². The molecule has 38 valence electrons. The fraction of sp³-hybridized carbons (Fsp3) is 1.00. The van der Waals surface area contributed by atoms with Crippen LogP contribution in [0.15, 0.2) is 0 Å². The molecule has 0 fully saturated rings. The maximum atomic E-state index is 5.37. The molecule has 0 aromatic carbocycles. The molecule has 0 radical (unpaired) electrons. The minimum Gasteiger partial charge on any atom is -0.0643 e. The van der Waals surface area contributed by atoms with Gasteiger partial charge in [-0.05, 0) is 17.1 Å². The first-order valence-electron chi connectivity index (χ1n) is 2.08. The Bertz CT molecular complexity index is 26.7. The van der Waals surface area contributed by atoms with Crippen molar-refractivity contribution >= 4 is 21.7 Å². The summed E-state index contributed by atoms with van der Waals surface area (Å²) < 4.78 is 0. The predicted molar refractivity (Wildman–Crippen MR) is 33.2 cm³/mol. The molecule has 0 N–H and O–H groups in total. The second kappa shape index (κ2) is 3.82. The van der Waals surface area contributed by atoms with Gasteiger partial charge in [-0.15, -0.1) is 0 Å². The summed E-state index contributed by atoms with van der Waals surface area (Å²) in [5, 5.41) is 0.617. The van der Waals surface area contributed by atoms with E-state index in [0.29, 0.717) is 5.25 Å². The highest BCUT2D eigenvalue weighted by molar-refractivity contribution is 8.21. The van der Waals surface area contributed by atoms with Crippen LogP contribution in [0.25, 0.3) is 0 Å². The molecule has 0 amide bonds. The zero-order valence-corrected chi connectivity index (χ0v) is 5.64. The second-order valence-electron chi connectivity index (χ2n) is 1.31. The highest BCUT2D eigenvalue weighted by Gasteiger charge is 1.91. The Balaban J connectivity index is 2.75. The monoisotopic (exact) mass is 124 g/mol. The normalized spacial score (nSPS) is 14.5. The van der Waals surface area contributed by atoms with Crippen molar-refractivity contribution in [3.63, 3.8) is 0 Å². The zero-order chi connectivity index (χ0) is 4.99. The molecule has 0 spiro atoms. The maximum Gasteiger partial charge on any atom is 0.0168 e. The molecule has 0 aromatic rings. The van der Waals surface area contributed by atoms with Crippen LogP contribution in [-0.4, -0.2) is 5.25 Å². The van der Waals surface area contributed by atoms with Gasteiger partial charge in [-0.3, -0.25) is 0 Å². The van der Waals surface area contributed by atoms with Crippen molar-refractivity contribution in [2.24, 2.45) is 0 Å². The summed E-state index contributed by atoms with van der Waals surface area (Å²) in [6, 6.07) is 0. The van der Waals surface area contributed by atoms with Gasteiger partial charge in [-0.25, -0.2) is 0 Å². The molecule has 1 unspecified atom stereocenters. The van der Waals surface area contributed by atoms with E-state index in [1.807, 2.05) is 0 Å². The largest absolute Gasteiger partial charge is 0.0643 e. The number of hydrogen-bond donors (Lipinski definition) is 0. The first-order chi connectivity index (χ1) is 2.81. The molecule has 0 aromatic heterocycles. The van der Waals surface area contributed by atoms with Crippen LogP contribution in [-0.2, 0) is 0 Å². The van der Waals surface area contributed by atoms with Crippen molar-refractivity contribution in [2.45, 2.75) is 25.5 Å². The number of rotatable bonds is 2. The Morgan fingerprint density at radius 3 is 2.33 bits per heavy atom. The molecule has 0 bridgehead atoms. The van der Waals surface area contributed by atoms with Gasteiger partial charge in [0.05, 0.1) is 0 Å². The number of halogens is 1. The molecular formula is C4H9ClS. The predicted octanol–water partition coefficient (Wildman–Crippen LogP) is 2.67. The third-order valence-electron chi connectivity index (χ3n) is 0.727. The topological polar surface area (TPSA) is 0 Å². The van der Waals surface area contributed by atoms with Crippen molar-refractivity contribution < 1.29 is 0 Å². The minimum absolute atomic E-state index is 0.617. The van der Waals surface area contributed by atoms with E-state index in [4.69, 9.17) is 10.7 Å². The quantitative estimate of drug-likeness (QED) is 0.546. The molecular weight excluding hydrogens is 116 g/mol. The van der Waals surface area contributed by atoms with Crippen LogP contribution >= 0.6 is 21.7 Å². The highest BCUT2D eigenvalue weighted by Crippen LogP contribution is 2.16. The van der Waals surface area contributed by atoms with Gasteiger partial charge in [-0.2, -0.15) is 0 Å². The standard InChI is InChI=1S/C4H9ClS/c1-3-4(2)6-5/h4H,3H2,1-2H3. The molecule has 0 aliphatic carbocycles. The maximum absolute atomic E-state index is 5.37. The van der Waals surface area contributed by atoms with Crippen molar-refractivity contribution in [3.05, 3.63) is 0 Å². The van der Waals surface area contributed by atoms with Crippen molar-refractivity contribution in [3.8, 4) is 0 Å². The van der Waals surface area contributed by atoms with Gasteiger partial charge < -0.3 is 0 Å². The lowest BCUT2D eigenvalue weighted by Gasteiger charge is -1.95. The van der Waals surface area contributed by atoms with Gasteiger partial charge in [0, 0.05) is 5.25 Å². The molecule has 0 heterocycles. The van der Waals surface area contributed by atoms with Crippen LogP contribution in [0.4, 0.5) is 0 Å². The molecule has 0 saturated heterocycles. The van der Waals surface area contributed by atoms with Gasteiger partial charge in [0.1, 0.15) is 0 Å². The molecule has 0 saturated carbocycles. The summed E-state index contributed by atoms with van der Waals surface area (Å²) in [5.41, 5.74) is 0. The van der Waals surface area contributed by atoms with Gasteiger partial charge in [0.25, 0.3) is 0 Å². The smallest absolute Gasteiger partial charge is 0.0168 e. The fourth-order valence-electron chi connectivity index (χ4n) is 0.0630. The molecule has 6 heavy (non-hydrogen) atoms. The third-order valence-corrected chi connectivity index (χ3v) is 2.28. The molecule has 0 nitrogen and oxygen atoms in total. The van der Waals surface area contributed by atoms with Crippen LogP contribution in [0, 0.1) is 0 Å². The van der Waals surface area contributed by atoms with E-state index in [1.54, 1.807) is 0 Å². The van der Waals surface area contributed by atoms with Crippen molar-refractivity contribution in [1.82, 2.24) is 0 Å².